The second-order valence-corrected chi connectivity index (χ2v) is 18.8. The van der Waals surface area contributed by atoms with Gasteiger partial charge in [-0.2, -0.15) is 10.2 Å². The number of rotatable bonds is 7. The lowest BCUT2D eigenvalue weighted by Crippen LogP contribution is -2.39. The highest BCUT2D eigenvalue weighted by atomic mass is 35.5. The van der Waals surface area contributed by atoms with Crippen molar-refractivity contribution >= 4 is 39.3 Å². The Hall–Kier alpha value is -6.52. The molecule has 1 N–H and O–H groups in total. The molecule has 11 rings (SSSR count). The van der Waals surface area contributed by atoms with E-state index in [1.54, 1.807) is 64.9 Å². The Balaban J connectivity index is 1.04. The molecule has 2 aliphatic heterocycles. The van der Waals surface area contributed by atoms with E-state index in [1.165, 1.54) is 14.7 Å². The summed E-state index contributed by atoms with van der Waals surface area (Å²) in [6.45, 7) is 10.8. The molecule has 17 heteroatoms. The molecule has 3 atom stereocenters. The third kappa shape index (κ3) is 6.09. The van der Waals surface area contributed by atoms with E-state index in [0.717, 1.165) is 29.3 Å². The van der Waals surface area contributed by atoms with Crippen LogP contribution in [0.15, 0.2) is 81.2 Å². The van der Waals surface area contributed by atoms with Crippen LogP contribution in [0.1, 0.15) is 90.2 Å². The molecule has 2 fully saturated rings. The van der Waals surface area contributed by atoms with Crippen LogP contribution in [0, 0.1) is 25.6 Å². The Kier molecular flexibility index (Phi) is 8.96. The van der Waals surface area contributed by atoms with Crippen LogP contribution in [-0.2, 0) is 30.3 Å². The summed E-state index contributed by atoms with van der Waals surface area (Å²) in [5.74, 6) is -0.105. The molecule has 3 aromatic carbocycles. The molecule has 15 nitrogen and oxygen atoms in total. The summed E-state index contributed by atoms with van der Waals surface area (Å²) in [5.41, 5.74) is 5.09. The molecule has 1 amide bonds. The number of aromatic amines is 1. The molecule has 328 valence electrons. The van der Waals surface area contributed by atoms with Crippen molar-refractivity contribution in [3.8, 4) is 17.2 Å². The van der Waals surface area contributed by atoms with E-state index in [-0.39, 0.29) is 35.7 Å². The number of benzene rings is 3. The minimum absolute atomic E-state index is 0.0232. The minimum atomic E-state index is -0.827. The lowest BCUT2D eigenvalue weighted by atomic mass is 9.83. The number of carbonyl (C=O) groups excluding carboxylic acids is 1. The fourth-order valence-corrected chi connectivity index (χ4v) is 10.7. The van der Waals surface area contributed by atoms with E-state index in [1.807, 2.05) is 23.7 Å². The summed E-state index contributed by atoms with van der Waals surface area (Å²) < 4.78 is 34.6. The number of H-pyrrole nitrogens is 1. The van der Waals surface area contributed by atoms with Gasteiger partial charge in [-0.1, -0.05) is 29.7 Å². The lowest BCUT2D eigenvalue weighted by molar-refractivity contribution is -0.0592. The van der Waals surface area contributed by atoms with Crippen LogP contribution in [-0.4, -0.2) is 73.0 Å². The van der Waals surface area contributed by atoms with E-state index < -0.39 is 17.0 Å². The van der Waals surface area contributed by atoms with Gasteiger partial charge in [0, 0.05) is 60.9 Å². The Morgan fingerprint density at radius 1 is 1.00 bits per heavy atom. The standard InChI is InChI=1S/C47H46ClFN10O5/c1-25-17-31(18-26(2)40(25)49)59-41(57-15-14-56(45(57)62)37-10-9-36-32(39(37)48)23-50-54(36)6)33-24-55(13-11-34(33)52-59)42(60)38-20-30-19-28(29-12-16-63-46(4,5)22-29)7-8-35(30)58(38)47(21-27(47)3)43-51-44(61)64-53-43/h7-10,14-15,17-20,23,27,29H,11-13,16,21-22,24H2,1-6H3,(H,51,53,61)/t27-,29-,47-/m0/s1. The maximum absolute atomic E-state index is 15.4. The smallest absolute Gasteiger partial charge is 0.376 e. The van der Waals surface area contributed by atoms with E-state index in [2.05, 4.69) is 54.2 Å². The first-order valence-corrected chi connectivity index (χ1v) is 22.0. The monoisotopic (exact) mass is 884 g/mol. The molecule has 5 aromatic heterocycles. The molecule has 0 radical (unpaired) electrons. The molecule has 64 heavy (non-hydrogen) atoms. The zero-order valence-corrected chi connectivity index (χ0v) is 37.0. The lowest BCUT2D eigenvalue weighted by Gasteiger charge is -2.35. The van der Waals surface area contributed by atoms with E-state index in [4.69, 9.17) is 26.0 Å². The van der Waals surface area contributed by atoms with E-state index in [0.29, 0.717) is 87.5 Å². The average Bonchev–Trinajstić information content (AvgIpc) is 3.89. The number of carbonyl (C=O) groups is 1. The van der Waals surface area contributed by atoms with E-state index >= 15 is 9.18 Å². The normalized spacial score (nSPS) is 20.7. The number of nitrogens with one attached hydrogen (secondary N) is 1. The summed E-state index contributed by atoms with van der Waals surface area (Å²) in [7, 11) is 1.83. The van der Waals surface area contributed by atoms with Gasteiger partial charge in [0.2, 0.25) is 0 Å². The Labute approximate surface area is 370 Å². The fraction of sp³-hybridized carbons (Fsp3) is 0.362. The summed E-state index contributed by atoms with van der Waals surface area (Å²) >= 11 is 6.93. The Bertz CT molecular complexity index is 3340. The number of nitrogens with zero attached hydrogens (tertiary/aromatic N) is 9. The number of aromatic nitrogens is 9. The number of fused-ring (bicyclic) bond motifs is 3. The second-order valence-electron chi connectivity index (χ2n) is 18.4. The van der Waals surface area contributed by atoms with Gasteiger partial charge in [-0.3, -0.25) is 28.1 Å². The highest BCUT2D eigenvalue weighted by Gasteiger charge is 2.59. The Morgan fingerprint density at radius 2 is 1.75 bits per heavy atom. The minimum Gasteiger partial charge on any atom is -0.376 e. The third-order valence-electron chi connectivity index (χ3n) is 13.8. The van der Waals surface area contributed by atoms with Crippen molar-refractivity contribution in [3.63, 3.8) is 0 Å². The predicted molar refractivity (Wildman–Crippen MR) is 238 cm³/mol. The molecule has 1 saturated heterocycles. The molecule has 0 spiro atoms. The summed E-state index contributed by atoms with van der Waals surface area (Å²) in [4.78, 5) is 47.0. The SMILES string of the molecule is Cc1cc(-n2nc3c(c2-n2ccn(-c4ccc5c(cnn5C)c4Cl)c2=O)CN(C(=O)c2cc4cc([C@H]5CCOC(C)(C)C5)ccc4n2[C@@]2(c4noc(=O)[nH]4)C[C@@H]2C)CC3)cc(C)c1F. The molecule has 3 aliphatic rings. The molecule has 0 bridgehead atoms. The van der Waals surface area contributed by atoms with Gasteiger partial charge in [0.1, 0.15) is 22.9 Å². The van der Waals surface area contributed by atoms with Crippen LogP contribution in [0.3, 0.4) is 0 Å². The molecular weight excluding hydrogens is 839 g/mol. The van der Waals surface area contributed by atoms with Gasteiger partial charge in [0.05, 0.1) is 46.0 Å². The highest BCUT2D eigenvalue weighted by Crippen LogP contribution is 2.56. The number of amides is 1. The molecular formula is C47H46ClFN10O5. The number of ether oxygens (including phenoxy) is 1. The second kappa shape index (κ2) is 14.2. The maximum Gasteiger partial charge on any atom is 0.438 e. The largest absolute Gasteiger partial charge is 0.438 e. The Morgan fingerprint density at radius 3 is 2.47 bits per heavy atom. The average molecular weight is 885 g/mol. The van der Waals surface area contributed by atoms with Crippen molar-refractivity contribution in [2.24, 2.45) is 13.0 Å². The predicted octanol–water partition coefficient (Wildman–Crippen LogP) is 7.40. The van der Waals surface area contributed by atoms with Gasteiger partial charge in [-0.15, -0.1) is 0 Å². The van der Waals surface area contributed by atoms with Gasteiger partial charge < -0.3 is 14.2 Å². The van der Waals surface area contributed by atoms with Gasteiger partial charge in [0.15, 0.2) is 5.82 Å². The van der Waals surface area contributed by atoms with Gasteiger partial charge in [-0.05, 0) is 118 Å². The van der Waals surface area contributed by atoms with Crippen LogP contribution in [0.2, 0.25) is 5.02 Å². The van der Waals surface area contributed by atoms with Crippen LogP contribution in [0.25, 0.3) is 39.0 Å². The summed E-state index contributed by atoms with van der Waals surface area (Å²) in [6.07, 6.45) is 7.77. The number of imidazole rings is 1. The molecule has 1 aliphatic carbocycles. The number of halogens is 2. The van der Waals surface area contributed by atoms with Crippen molar-refractivity contribution in [3.05, 3.63) is 138 Å². The molecule has 7 heterocycles. The summed E-state index contributed by atoms with van der Waals surface area (Å²) in [6, 6.07) is 15.4. The van der Waals surface area contributed by atoms with Gasteiger partial charge >= 0.3 is 11.4 Å². The zero-order valence-electron chi connectivity index (χ0n) is 36.3. The molecule has 0 unspecified atom stereocenters. The van der Waals surface area contributed by atoms with E-state index in [9.17, 15) is 9.59 Å². The van der Waals surface area contributed by atoms with Crippen molar-refractivity contribution < 1.29 is 18.4 Å². The summed E-state index contributed by atoms with van der Waals surface area (Å²) in [5, 5.41) is 15.6. The van der Waals surface area contributed by atoms with Crippen LogP contribution >= 0.6 is 11.6 Å². The van der Waals surface area contributed by atoms with Crippen molar-refractivity contribution in [1.82, 2.24) is 48.3 Å². The van der Waals surface area contributed by atoms with Crippen molar-refractivity contribution in [2.75, 3.05) is 13.2 Å². The molecule has 8 aromatic rings. The quantitative estimate of drug-likeness (QED) is 0.174. The number of aryl methyl sites for hydroxylation is 3. The third-order valence-corrected chi connectivity index (χ3v) is 14.2. The van der Waals surface area contributed by atoms with Crippen molar-refractivity contribution in [2.45, 2.75) is 83.9 Å². The first-order valence-electron chi connectivity index (χ1n) is 21.6. The first-order chi connectivity index (χ1) is 30.6. The van der Waals surface area contributed by atoms with Crippen LogP contribution in [0.5, 0.6) is 0 Å². The van der Waals surface area contributed by atoms with Crippen LogP contribution in [0.4, 0.5) is 4.39 Å². The fourth-order valence-electron chi connectivity index (χ4n) is 10.4. The highest BCUT2D eigenvalue weighted by molar-refractivity contribution is 6.37. The number of hydrogen-bond donors (Lipinski definition) is 1. The topological polar surface area (TPSA) is 156 Å². The zero-order chi connectivity index (χ0) is 44.6. The number of hydrogen-bond acceptors (Lipinski definition) is 8. The first kappa shape index (κ1) is 40.3. The van der Waals surface area contributed by atoms with Gasteiger partial charge in [0.25, 0.3) is 5.91 Å². The maximum atomic E-state index is 15.4. The van der Waals surface area contributed by atoms with Gasteiger partial charge in [-0.25, -0.2) is 18.7 Å². The molecule has 1 saturated carbocycles. The van der Waals surface area contributed by atoms with Crippen LogP contribution < -0.4 is 11.4 Å². The van der Waals surface area contributed by atoms with Crippen molar-refractivity contribution in [1.29, 1.82) is 0 Å².